The van der Waals surface area contributed by atoms with Crippen LogP contribution in [0.1, 0.15) is 36.0 Å². The molecule has 0 aliphatic heterocycles. The molecule has 34 heavy (non-hydrogen) atoms. The van der Waals surface area contributed by atoms with E-state index in [0.29, 0.717) is 28.8 Å². The van der Waals surface area contributed by atoms with Gasteiger partial charge in [0.05, 0.1) is 6.21 Å². The Kier molecular flexibility index (Phi) is 9.50. The Balaban J connectivity index is 1.35. The number of nitrogens with one attached hydrogen (secondary N) is 2. The molecule has 0 spiro atoms. The van der Waals surface area contributed by atoms with Gasteiger partial charge in [0.2, 0.25) is 11.8 Å². The number of amides is 2. The van der Waals surface area contributed by atoms with Gasteiger partial charge in [-0.05, 0) is 78.6 Å². The van der Waals surface area contributed by atoms with Gasteiger partial charge in [0.25, 0.3) is 0 Å². The van der Waals surface area contributed by atoms with Crippen LogP contribution in [-0.4, -0.2) is 18.0 Å². The van der Waals surface area contributed by atoms with Crippen molar-refractivity contribution in [2.24, 2.45) is 5.10 Å². The molecule has 3 aromatic rings. The number of hydrogen-bond acceptors (Lipinski definition) is 4. The van der Waals surface area contributed by atoms with Crippen molar-refractivity contribution in [2.45, 2.75) is 32.8 Å². The molecule has 0 aliphatic carbocycles. The molecule has 0 aromatic heterocycles. The van der Waals surface area contributed by atoms with E-state index in [0.717, 1.165) is 22.4 Å². The second kappa shape index (κ2) is 12.8. The average Bonchev–Trinajstić information content (AvgIpc) is 2.82. The van der Waals surface area contributed by atoms with Crippen LogP contribution in [0.5, 0.6) is 5.75 Å². The second-order valence-corrected chi connectivity index (χ2v) is 8.44. The third-order valence-electron chi connectivity index (χ3n) is 4.95. The molecule has 0 heterocycles. The predicted molar refractivity (Wildman–Crippen MR) is 137 cm³/mol. The van der Waals surface area contributed by atoms with E-state index in [-0.39, 0.29) is 24.7 Å². The zero-order chi connectivity index (χ0) is 24.3. The van der Waals surface area contributed by atoms with Crippen LogP contribution in [0, 0.1) is 6.92 Å². The van der Waals surface area contributed by atoms with E-state index < -0.39 is 0 Å². The number of ether oxygens (including phenoxy) is 1. The maximum Gasteiger partial charge on any atom is 0.240 e. The van der Waals surface area contributed by atoms with E-state index >= 15 is 0 Å². The lowest BCUT2D eigenvalue weighted by Crippen LogP contribution is -2.18. The number of halogens is 2. The molecule has 3 aromatic carbocycles. The highest BCUT2D eigenvalue weighted by Gasteiger charge is 2.08. The summed E-state index contributed by atoms with van der Waals surface area (Å²) >= 11 is 11.9. The molecule has 0 radical (unpaired) electrons. The first-order valence-electron chi connectivity index (χ1n) is 10.7. The summed E-state index contributed by atoms with van der Waals surface area (Å²) < 4.78 is 5.75. The molecule has 0 aliphatic rings. The first-order valence-corrected chi connectivity index (χ1v) is 11.5. The highest BCUT2D eigenvalue weighted by molar-refractivity contribution is 6.31. The first kappa shape index (κ1) is 25.3. The monoisotopic (exact) mass is 497 g/mol. The largest absolute Gasteiger partial charge is 0.489 e. The number of carbonyl (C=O) groups is 2. The maximum absolute atomic E-state index is 12.1. The minimum absolute atomic E-state index is 0.167. The fourth-order valence-corrected chi connectivity index (χ4v) is 3.30. The number of hydrogen-bond donors (Lipinski definition) is 2. The van der Waals surface area contributed by atoms with Crippen molar-refractivity contribution in [1.29, 1.82) is 0 Å². The van der Waals surface area contributed by atoms with E-state index in [9.17, 15) is 9.59 Å². The minimum atomic E-state index is -0.258. The Morgan fingerprint density at radius 3 is 2.38 bits per heavy atom. The number of anilines is 1. The van der Waals surface area contributed by atoms with Crippen LogP contribution >= 0.6 is 23.2 Å². The Hall–Kier alpha value is -3.35. The van der Waals surface area contributed by atoms with Crippen molar-refractivity contribution in [3.63, 3.8) is 0 Å². The van der Waals surface area contributed by atoms with E-state index in [1.54, 1.807) is 24.4 Å². The predicted octanol–water partition coefficient (Wildman–Crippen LogP) is 6.14. The molecule has 176 valence electrons. The lowest BCUT2D eigenvalue weighted by atomic mass is 10.2. The Morgan fingerprint density at radius 1 is 0.941 bits per heavy atom. The van der Waals surface area contributed by atoms with Gasteiger partial charge in [0.1, 0.15) is 12.4 Å². The Morgan fingerprint density at radius 2 is 1.65 bits per heavy atom. The summed E-state index contributed by atoms with van der Waals surface area (Å²) in [6.45, 7) is 2.28. The van der Waals surface area contributed by atoms with Gasteiger partial charge in [-0.25, -0.2) is 5.43 Å². The second-order valence-electron chi connectivity index (χ2n) is 7.59. The molecule has 3 rings (SSSR count). The number of benzene rings is 3. The number of carbonyl (C=O) groups excluding carboxylic acids is 2. The number of hydrazone groups is 1. The molecule has 0 fully saturated rings. The van der Waals surface area contributed by atoms with Crippen molar-refractivity contribution in [3.05, 3.63) is 93.5 Å². The highest BCUT2D eigenvalue weighted by atomic mass is 35.5. The third kappa shape index (κ3) is 8.21. The summed E-state index contributed by atoms with van der Waals surface area (Å²) in [6, 6.07) is 20.2. The molecule has 0 unspecified atom stereocenters. The summed E-state index contributed by atoms with van der Waals surface area (Å²) in [6.07, 6.45) is 2.37. The van der Waals surface area contributed by atoms with Gasteiger partial charge >= 0.3 is 0 Å². The normalized spacial score (nSPS) is 10.8. The van der Waals surface area contributed by atoms with Crippen molar-refractivity contribution >= 4 is 46.9 Å². The van der Waals surface area contributed by atoms with Crippen molar-refractivity contribution < 1.29 is 14.3 Å². The summed E-state index contributed by atoms with van der Waals surface area (Å²) in [4.78, 5) is 24.1. The van der Waals surface area contributed by atoms with Crippen molar-refractivity contribution in [2.75, 3.05) is 5.32 Å². The van der Waals surface area contributed by atoms with E-state index in [4.69, 9.17) is 27.9 Å². The first-order chi connectivity index (χ1) is 16.4. The van der Waals surface area contributed by atoms with Crippen LogP contribution in [0.25, 0.3) is 0 Å². The third-order valence-corrected chi connectivity index (χ3v) is 5.61. The van der Waals surface area contributed by atoms with E-state index in [1.807, 2.05) is 55.5 Å². The molecule has 0 saturated heterocycles. The number of nitrogens with zero attached hydrogens (tertiary/aromatic N) is 1. The van der Waals surface area contributed by atoms with Crippen LogP contribution in [0.3, 0.4) is 0 Å². The lowest BCUT2D eigenvalue weighted by molar-refractivity contribution is -0.121. The maximum atomic E-state index is 12.1. The fraction of sp³-hybridized carbons (Fsp3) is 0.192. The SMILES string of the molecule is Cc1c(Cl)cccc1NC(=O)CCCC(=O)N/N=C\c1ccc(OCc2ccc(Cl)cc2)cc1. The van der Waals surface area contributed by atoms with Crippen LogP contribution in [-0.2, 0) is 16.2 Å². The standard InChI is InChI=1S/C26H25Cl2N3O3/c1-18-23(28)4-2-5-24(18)30-25(32)6-3-7-26(33)31-29-16-19-10-14-22(15-11-19)34-17-20-8-12-21(27)13-9-20/h2,4-5,8-16H,3,6-7,17H2,1H3,(H,30,32)(H,31,33)/b29-16-. The summed E-state index contributed by atoms with van der Waals surface area (Å²) in [5.74, 6) is 0.299. The molecule has 8 heteroatoms. The molecule has 2 N–H and O–H groups in total. The molecular formula is C26H25Cl2N3O3. The molecular weight excluding hydrogens is 473 g/mol. The van der Waals surface area contributed by atoms with Gasteiger partial charge in [-0.1, -0.05) is 41.4 Å². The topological polar surface area (TPSA) is 79.8 Å². The molecule has 0 bridgehead atoms. The van der Waals surface area contributed by atoms with Gasteiger partial charge in [-0.2, -0.15) is 5.10 Å². The van der Waals surface area contributed by atoms with E-state index in [2.05, 4.69) is 15.8 Å². The minimum Gasteiger partial charge on any atom is -0.489 e. The van der Waals surface area contributed by atoms with Crippen LogP contribution in [0.4, 0.5) is 5.69 Å². The van der Waals surface area contributed by atoms with Gasteiger partial charge in [0, 0.05) is 28.6 Å². The molecule has 2 amide bonds. The molecule has 0 atom stereocenters. The van der Waals surface area contributed by atoms with Crippen molar-refractivity contribution in [3.8, 4) is 5.75 Å². The summed E-state index contributed by atoms with van der Waals surface area (Å²) in [7, 11) is 0. The summed E-state index contributed by atoms with van der Waals surface area (Å²) in [5, 5.41) is 8.06. The zero-order valence-corrected chi connectivity index (χ0v) is 20.2. The van der Waals surface area contributed by atoms with Crippen molar-refractivity contribution in [1.82, 2.24) is 5.43 Å². The Bertz CT molecular complexity index is 1150. The lowest BCUT2D eigenvalue weighted by Gasteiger charge is -2.09. The summed E-state index contributed by atoms with van der Waals surface area (Å²) in [5.41, 5.74) is 5.80. The molecule has 6 nitrogen and oxygen atoms in total. The van der Waals surface area contributed by atoms with Crippen LogP contribution in [0.15, 0.2) is 71.8 Å². The number of rotatable bonds is 10. The van der Waals surface area contributed by atoms with Crippen LogP contribution in [0.2, 0.25) is 10.0 Å². The Labute approximate surface area is 208 Å². The van der Waals surface area contributed by atoms with E-state index in [1.165, 1.54) is 0 Å². The van der Waals surface area contributed by atoms with Crippen LogP contribution < -0.4 is 15.5 Å². The average molecular weight is 498 g/mol. The van der Waals surface area contributed by atoms with Gasteiger partial charge in [0.15, 0.2) is 0 Å². The smallest absolute Gasteiger partial charge is 0.240 e. The fourth-order valence-electron chi connectivity index (χ4n) is 3.00. The van der Waals surface area contributed by atoms with Gasteiger partial charge < -0.3 is 10.1 Å². The zero-order valence-electron chi connectivity index (χ0n) is 18.7. The highest BCUT2D eigenvalue weighted by Crippen LogP contribution is 2.23. The van der Waals surface area contributed by atoms with Gasteiger partial charge in [-0.3, -0.25) is 9.59 Å². The van der Waals surface area contributed by atoms with Gasteiger partial charge in [-0.15, -0.1) is 0 Å². The molecule has 0 saturated carbocycles. The quantitative estimate of drug-likeness (QED) is 0.260.